The highest BCUT2D eigenvalue weighted by Gasteiger charge is 2.21. The molecule has 0 spiro atoms. The van der Waals surface area contributed by atoms with E-state index >= 15 is 0 Å². The van der Waals surface area contributed by atoms with Crippen molar-refractivity contribution < 1.29 is 9.18 Å². The molecule has 1 saturated heterocycles. The molecule has 0 aliphatic carbocycles. The number of benzene rings is 1. The van der Waals surface area contributed by atoms with Crippen LogP contribution in [-0.4, -0.2) is 41.9 Å². The molecule has 0 unspecified atom stereocenters. The molecule has 1 heterocycles. The van der Waals surface area contributed by atoms with E-state index in [1.54, 1.807) is 17.8 Å². The molecule has 1 aromatic carbocycles. The van der Waals surface area contributed by atoms with Gasteiger partial charge in [0.2, 0.25) is 5.91 Å². The number of carbonyl (C=O) groups is 1. The van der Waals surface area contributed by atoms with Gasteiger partial charge in [-0.3, -0.25) is 9.69 Å². The second-order valence-corrected chi connectivity index (χ2v) is 6.46. The highest BCUT2D eigenvalue weighted by Crippen LogP contribution is 2.16. The van der Waals surface area contributed by atoms with E-state index < -0.39 is 0 Å². The molecule has 1 N–H and O–H groups in total. The molecule has 1 amide bonds. The minimum Gasteiger partial charge on any atom is -0.352 e. The fourth-order valence-electron chi connectivity index (χ4n) is 2.68. The highest BCUT2D eigenvalue weighted by molar-refractivity contribution is 7.98. The number of carbonyl (C=O) groups excluding carboxylic acids is 1. The number of thioether (sulfide) groups is 1. The molecule has 0 aromatic heterocycles. The van der Waals surface area contributed by atoms with E-state index in [1.165, 1.54) is 6.07 Å². The number of hydrogen-bond donors (Lipinski definition) is 1. The number of nitrogens with zero attached hydrogens (tertiary/aromatic N) is 1. The Bertz CT molecular complexity index is 469. The molecule has 5 heteroatoms. The molecule has 1 aliphatic rings. The third-order valence-corrected chi connectivity index (χ3v) is 4.37. The maximum atomic E-state index is 13.7. The van der Waals surface area contributed by atoms with Crippen LogP contribution in [-0.2, 0) is 11.3 Å². The van der Waals surface area contributed by atoms with Crippen LogP contribution in [0.15, 0.2) is 24.3 Å². The summed E-state index contributed by atoms with van der Waals surface area (Å²) in [6.45, 7) is 2.38. The maximum Gasteiger partial charge on any atom is 0.221 e. The average Bonchev–Trinajstić information content (AvgIpc) is 2.48. The standard InChI is InChI=1S/C16H23FN2OS/c1-21-10-8-16(20)18-14-6-4-9-19(12-14)11-13-5-2-3-7-15(13)17/h2-3,5,7,14H,4,6,8-12H2,1H3,(H,18,20)/t14-/m1/s1. The van der Waals surface area contributed by atoms with E-state index in [9.17, 15) is 9.18 Å². The normalized spacial score (nSPS) is 19.4. The summed E-state index contributed by atoms with van der Waals surface area (Å²) in [7, 11) is 0. The molecule has 116 valence electrons. The van der Waals surface area contributed by atoms with Crippen LogP contribution in [0.25, 0.3) is 0 Å². The second kappa shape index (κ2) is 8.39. The Morgan fingerprint density at radius 1 is 1.48 bits per heavy atom. The third-order valence-electron chi connectivity index (χ3n) is 3.76. The predicted molar refractivity (Wildman–Crippen MR) is 85.8 cm³/mol. The summed E-state index contributed by atoms with van der Waals surface area (Å²) in [6, 6.07) is 7.10. The first kappa shape index (κ1) is 16.3. The molecule has 0 radical (unpaired) electrons. The monoisotopic (exact) mass is 310 g/mol. The van der Waals surface area contributed by atoms with Crippen LogP contribution in [0.5, 0.6) is 0 Å². The zero-order chi connectivity index (χ0) is 15.1. The molecule has 1 aromatic rings. The van der Waals surface area contributed by atoms with E-state index in [0.29, 0.717) is 13.0 Å². The van der Waals surface area contributed by atoms with Gasteiger partial charge in [0, 0.05) is 36.9 Å². The molecule has 1 aliphatic heterocycles. The number of piperidine rings is 1. The Morgan fingerprint density at radius 3 is 3.05 bits per heavy atom. The minimum atomic E-state index is -0.149. The number of amides is 1. The van der Waals surface area contributed by atoms with Gasteiger partial charge in [0.1, 0.15) is 5.82 Å². The van der Waals surface area contributed by atoms with Crippen LogP contribution in [0.4, 0.5) is 4.39 Å². The number of nitrogens with one attached hydrogen (secondary N) is 1. The number of rotatable bonds is 6. The first-order valence-electron chi connectivity index (χ1n) is 7.43. The fourth-order valence-corrected chi connectivity index (χ4v) is 3.07. The Labute approximate surface area is 130 Å². The average molecular weight is 310 g/mol. The van der Waals surface area contributed by atoms with Crippen LogP contribution < -0.4 is 5.32 Å². The quantitative estimate of drug-likeness (QED) is 0.877. The van der Waals surface area contributed by atoms with Crippen molar-refractivity contribution in [2.24, 2.45) is 0 Å². The van der Waals surface area contributed by atoms with Gasteiger partial charge < -0.3 is 5.32 Å². The van der Waals surface area contributed by atoms with Crippen molar-refractivity contribution in [1.29, 1.82) is 0 Å². The van der Waals surface area contributed by atoms with Crippen molar-refractivity contribution in [3.05, 3.63) is 35.6 Å². The van der Waals surface area contributed by atoms with Crippen molar-refractivity contribution in [1.82, 2.24) is 10.2 Å². The molecule has 1 fully saturated rings. The minimum absolute atomic E-state index is 0.127. The lowest BCUT2D eigenvalue weighted by molar-refractivity contribution is -0.121. The summed E-state index contributed by atoms with van der Waals surface area (Å²) >= 11 is 1.68. The number of likely N-dealkylation sites (tertiary alicyclic amines) is 1. The van der Waals surface area contributed by atoms with E-state index in [1.807, 2.05) is 18.4 Å². The van der Waals surface area contributed by atoms with Gasteiger partial charge in [-0.1, -0.05) is 18.2 Å². The van der Waals surface area contributed by atoms with Crippen molar-refractivity contribution in [3.63, 3.8) is 0 Å². The maximum absolute atomic E-state index is 13.7. The van der Waals surface area contributed by atoms with Crippen LogP contribution >= 0.6 is 11.8 Å². The summed E-state index contributed by atoms with van der Waals surface area (Å²) in [4.78, 5) is 14.0. The summed E-state index contributed by atoms with van der Waals surface area (Å²) < 4.78 is 13.7. The zero-order valence-electron chi connectivity index (χ0n) is 12.5. The number of halogens is 1. The first-order valence-corrected chi connectivity index (χ1v) is 8.82. The summed E-state index contributed by atoms with van der Waals surface area (Å²) in [6.07, 6.45) is 4.63. The Morgan fingerprint density at radius 2 is 2.29 bits per heavy atom. The van der Waals surface area contributed by atoms with Crippen molar-refractivity contribution in [2.45, 2.75) is 31.8 Å². The van der Waals surface area contributed by atoms with Gasteiger partial charge in [0.25, 0.3) is 0 Å². The fraction of sp³-hybridized carbons (Fsp3) is 0.562. The van der Waals surface area contributed by atoms with Crippen molar-refractivity contribution in [3.8, 4) is 0 Å². The van der Waals surface area contributed by atoms with Crippen LogP contribution in [0, 0.1) is 5.82 Å². The number of hydrogen-bond acceptors (Lipinski definition) is 3. The first-order chi connectivity index (χ1) is 10.2. The van der Waals surface area contributed by atoms with Gasteiger partial charge in [-0.25, -0.2) is 4.39 Å². The lowest BCUT2D eigenvalue weighted by atomic mass is 10.0. The van der Waals surface area contributed by atoms with Crippen LogP contribution in [0.1, 0.15) is 24.8 Å². The van der Waals surface area contributed by atoms with Gasteiger partial charge >= 0.3 is 0 Å². The molecular formula is C16H23FN2OS. The van der Waals surface area contributed by atoms with Gasteiger partial charge in [0.15, 0.2) is 0 Å². The van der Waals surface area contributed by atoms with Crippen molar-refractivity contribution in [2.75, 3.05) is 25.1 Å². The molecule has 0 bridgehead atoms. The molecule has 0 saturated carbocycles. The highest BCUT2D eigenvalue weighted by atomic mass is 32.2. The molecule has 1 atom stereocenters. The lowest BCUT2D eigenvalue weighted by Crippen LogP contribution is -2.47. The molecular weight excluding hydrogens is 287 g/mol. The summed E-state index contributed by atoms with van der Waals surface area (Å²) in [5.41, 5.74) is 0.729. The van der Waals surface area contributed by atoms with E-state index in [0.717, 1.165) is 37.2 Å². The van der Waals surface area contributed by atoms with Crippen molar-refractivity contribution >= 4 is 17.7 Å². The summed E-state index contributed by atoms with van der Waals surface area (Å²) in [5, 5.41) is 3.10. The SMILES string of the molecule is CSCCC(=O)N[C@@H]1CCCN(Cc2ccccc2F)C1. The van der Waals surface area contributed by atoms with E-state index in [2.05, 4.69) is 10.2 Å². The van der Waals surface area contributed by atoms with E-state index in [4.69, 9.17) is 0 Å². The van der Waals surface area contributed by atoms with Gasteiger partial charge in [-0.05, 0) is 31.7 Å². The van der Waals surface area contributed by atoms with Crippen LogP contribution in [0.3, 0.4) is 0 Å². The third kappa shape index (κ3) is 5.32. The topological polar surface area (TPSA) is 32.3 Å². The lowest BCUT2D eigenvalue weighted by Gasteiger charge is -2.33. The van der Waals surface area contributed by atoms with Gasteiger partial charge in [-0.15, -0.1) is 0 Å². The molecule has 21 heavy (non-hydrogen) atoms. The van der Waals surface area contributed by atoms with Gasteiger partial charge in [-0.2, -0.15) is 11.8 Å². The second-order valence-electron chi connectivity index (χ2n) is 5.48. The Hall–Kier alpha value is -1.07. The zero-order valence-corrected chi connectivity index (χ0v) is 13.3. The smallest absolute Gasteiger partial charge is 0.221 e. The molecule has 2 rings (SSSR count). The summed E-state index contributed by atoms with van der Waals surface area (Å²) in [5.74, 6) is 0.836. The predicted octanol–water partition coefficient (Wildman–Crippen LogP) is 2.66. The largest absolute Gasteiger partial charge is 0.352 e. The van der Waals surface area contributed by atoms with Gasteiger partial charge in [0.05, 0.1) is 0 Å². The van der Waals surface area contributed by atoms with Crippen LogP contribution in [0.2, 0.25) is 0 Å². The Kier molecular flexibility index (Phi) is 6.51. The van der Waals surface area contributed by atoms with E-state index in [-0.39, 0.29) is 17.8 Å². The Balaban J connectivity index is 1.83. The molecule has 3 nitrogen and oxygen atoms in total.